The summed E-state index contributed by atoms with van der Waals surface area (Å²) in [6.07, 6.45) is 2.38. The zero-order valence-electron chi connectivity index (χ0n) is 12.8. The molecule has 8 nitrogen and oxygen atoms in total. The number of carbonyl (C=O) groups is 1. The van der Waals surface area contributed by atoms with Gasteiger partial charge >= 0.3 is 0 Å². The van der Waals surface area contributed by atoms with Crippen LogP contribution in [0, 0.1) is 10.1 Å². The second kappa shape index (κ2) is 7.05. The van der Waals surface area contributed by atoms with E-state index in [0.717, 1.165) is 6.26 Å². The fraction of sp³-hybridized carbons (Fsp3) is 0.500. The molecule has 0 unspecified atom stereocenters. The molecule has 23 heavy (non-hydrogen) atoms. The van der Waals surface area contributed by atoms with Crippen molar-refractivity contribution in [2.45, 2.75) is 25.3 Å². The van der Waals surface area contributed by atoms with Gasteiger partial charge in [-0.2, -0.15) is 0 Å². The lowest BCUT2D eigenvalue weighted by Gasteiger charge is -2.32. The SMILES string of the molecule is CS(=O)(=O)N[C@H]1CCCN(C(=O)Cc2ccccc2[N+](=O)[O-])C1. The average Bonchev–Trinajstić information content (AvgIpc) is 2.46. The zero-order chi connectivity index (χ0) is 17.0. The number of hydrogen-bond acceptors (Lipinski definition) is 5. The van der Waals surface area contributed by atoms with Crippen LogP contribution in [0.2, 0.25) is 0 Å². The van der Waals surface area contributed by atoms with E-state index in [2.05, 4.69) is 4.72 Å². The summed E-state index contributed by atoms with van der Waals surface area (Å²) < 4.78 is 25.1. The summed E-state index contributed by atoms with van der Waals surface area (Å²) in [7, 11) is -3.33. The molecule has 0 bridgehead atoms. The largest absolute Gasteiger partial charge is 0.341 e. The van der Waals surface area contributed by atoms with Gasteiger partial charge in [0.15, 0.2) is 0 Å². The number of para-hydroxylation sites is 1. The molecule has 9 heteroatoms. The summed E-state index contributed by atoms with van der Waals surface area (Å²) in [5.74, 6) is -0.237. The highest BCUT2D eigenvalue weighted by Crippen LogP contribution is 2.20. The summed E-state index contributed by atoms with van der Waals surface area (Å²) in [4.78, 5) is 24.4. The van der Waals surface area contributed by atoms with Crippen molar-refractivity contribution in [3.8, 4) is 0 Å². The Morgan fingerprint density at radius 2 is 2.13 bits per heavy atom. The molecular formula is C14H19N3O5S. The van der Waals surface area contributed by atoms with Crippen LogP contribution in [0.5, 0.6) is 0 Å². The van der Waals surface area contributed by atoms with Gasteiger partial charge in [-0.25, -0.2) is 13.1 Å². The minimum atomic E-state index is -3.33. The molecule has 1 atom stereocenters. The number of piperidine rings is 1. The fourth-order valence-corrected chi connectivity index (χ4v) is 3.51. The second-order valence-electron chi connectivity index (χ2n) is 5.63. The molecule has 0 saturated carbocycles. The number of amides is 1. The molecule has 1 saturated heterocycles. The van der Waals surface area contributed by atoms with Crippen molar-refractivity contribution in [3.63, 3.8) is 0 Å². The number of carbonyl (C=O) groups excluding carboxylic acids is 1. The van der Waals surface area contributed by atoms with Gasteiger partial charge in [0.25, 0.3) is 5.69 Å². The van der Waals surface area contributed by atoms with Gasteiger partial charge in [0.2, 0.25) is 15.9 Å². The summed E-state index contributed by atoms with van der Waals surface area (Å²) in [5, 5.41) is 11.0. The number of nitro groups is 1. The van der Waals surface area contributed by atoms with Crippen LogP contribution in [0.4, 0.5) is 5.69 Å². The van der Waals surface area contributed by atoms with E-state index in [9.17, 15) is 23.3 Å². The van der Waals surface area contributed by atoms with Crippen molar-refractivity contribution in [2.75, 3.05) is 19.3 Å². The molecule has 1 amide bonds. The normalized spacial score (nSPS) is 18.7. The standard InChI is InChI=1S/C14H19N3O5S/c1-23(21,22)15-12-6-4-8-16(10-12)14(18)9-11-5-2-3-7-13(11)17(19)20/h2-3,5,7,12,15H,4,6,8-10H2,1H3/t12-/m0/s1. The quantitative estimate of drug-likeness (QED) is 0.625. The Morgan fingerprint density at radius 3 is 2.78 bits per heavy atom. The number of benzene rings is 1. The van der Waals surface area contributed by atoms with Crippen LogP contribution in [0.15, 0.2) is 24.3 Å². The summed E-state index contributed by atoms with van der Waals surface area (Å²) in [5.41, 5.74) is 0.282. The van der Waals surface area contributed by atoms with Crippen LogP contribution in [-0.2, 0) is 21.2 Å². The zero-order valence-corrected chi connectivity index (χ0v) is 13.6. The number of nitro benzene ring substituents is 1. The fourth-order valence-electron chi connectivity index (χ4n) is 2.72. The van der Waals surface area contributed by atoms with Crippen molar-refractivity contribution in [1.29, 1.82) is 0 Å². The average molecular weight is 341 g/mol. The van der Waals surface area contributed by atoms with Crippen LogP contribution in [0.3, 0.4) is 0 Å². The van der Waals surface area contributed by atoms with Crippen LogP contribution in [-0.4, -0.2) is 49.5 Å². The van der Waals surface area contributed by atoms with Crippen molar-refractivity contribution in [2.24, 2.45) is 0 Å². The molecule has 1 aliphatic rings. The first-order valence-electron chi connectivity index (χ1n) is 7.23. The molecule has 1 heterocycles. The van der Waals surface area contributed by atoms with Crippen molar-refractivity contribution >= 4 is 21.6 Å². The Hall–Kier alpha value is -2.00. The Labute approximate surface area is 134 Å². The maximum Gasteiger partial charge on any atom is 0.273 e. The molecule has 1 N–H and O–H groups in total. The van der Waals surface area contributed by atoms with E-state index in [1.165, 1.54) is 6.07 Å². The van der Waals surface area contributed by atoms with Crippen LogP contribution < -0.4 is 4.72 Å². The molecule has 0 aliphatic carbocycles. The molecule has 2 rings (SSSR count). The second-order valence-corrected chi connectivity index (χ2v) is 7.41. The van der Waals surface area contributed by atoms with Gasteiger partial charge < -0.3 is 4.90 Å². The van der Waals surface area contributed by atoms with Crippen LogP contribution in [0.25, 0.3) is 0 Å². The Kier molecular flexibility index (Phi) is 5.32. The van der Waals surface area contributed by atoms with Crippen molar-refractivity contribution in [1.82, 2.24) is 9.62 Å². The van der Waals surface area contributed by atoms with Crippen LogP contribution >= 0.6 is 0 Å². The summed E-state index contributed by atoms with van der Waals surface area (Å²) in [6.45, 7) is 0.813. The monoisotopic (exact) mass is 341 g/mol. The predicted octanol–water partition coefficient (Wildman–Crippen LogP) is 0.678. The number of nitrogens with one attached hydrogen (secondary N) is 1. The predicted molar refractivity (Wildman–Crippen MR) is 84.4 cm³/mol. The third kappa shape index (κ3) is 5.00. The number of likely N-dealkylation sites (tertiary alicyclic amines) is 1. The summed E-state index contributed by atoms with van der Waals surface area (Å²) in [6, 6.07) is 5.83. The Morgan fingerprint density at radius 1 is 1.43 bits per heavy atom. The smallest absolute Gasteiger partial charge is 0.273 e. The minimum Gasteiger partial charge on any atom is -0.341 e. The van der Waals surface area contributed by atoms with Crippen LogP contribution in [0.1, 0.15) is 18.4 Å². The van der Waals surface area contributed by atoms with Gasteiger partial charge in [-0.05, 0) is 12.8 Å². The third-order valence-corrected chi connectivity index (χ3v) is 4.45. The Balaban J connectivity index is 2.05. The van der Waals surface area contributed by atoms with Gasteiger partial charge in [0.1, 0.15) is 0 Å². The molecular weight excluding hydrogens is 322 g/mol. The topological polar surface area (TPSA) is 110 Å². The lowest BCUT2D eigenvalue weighted by molar-refractivity contribution is -0.385. The molecule has 0 spiro atoms. The summed E-state index contributed by atoms with van der Waals surface area (Å²) >= 11 is 0. The van der Waals surface area contributed by atoms with E-state index in [-0.39, 0.29) is 30.6 Å². The van der Waals surface area contributed by atoms with E-state index >= 15 is 0 Å². The molecule has 0 radical (unpaired) electrons. The number of hydrogen-bond donors (Lipinski definition) is 1. The number of rotatable bonds is 5. The van der Waals surface area contributed by atoms with Gasteiger partial charge in [-0.3, -0.25) is 14.9 Å². The van der Waals surface area contributed by atoms with E-state index in [0.29, 0.717) is 24.9 Å². The molecule has 1 aliphatic heterocycles. The highest BCUT2D eigenvalue weighted by atomic mass is 32.2. The van der Waals surface area contributed by atoms with Gasteiger partial charge in [-0.15, -0.1) is 0 Å². The minimum absolute atomic E-state index is 0.0667. The first-order chi connectivity index (χ1) is 10.8. The lowest BCUT2D eigenvalue weighted by atomic mass is 10.0. The third-order valence-electron chi connectivity index (χ3n) is 3.68. The molecule has 1 fully saturated rings. The van der Waals surface area contributed by atoms with Gasteiger partial charge in [0.05, 0.1) is 17.6 Å². The Bertz CT molecular complexity index is 704. The lowest BCUT2D eigenvalue weighted by Crippen LogP contribution is -2.49. The van der Waals surface area contributed by atoms with E-state index < -0.39 is 14.9 Å². The highest BCUT2D eigenvalue weighted by Gasteiger charge is 2.26. The maximum atomic E-state index is 12.4. The van der Waals surface area contributed by atoms with E-state index in [1.807, 2.05) is 0 Å². The highest BCUT2D eigenvalue weighted by molar-refractivity contribution is 7.88. The van der Waals surface area contributed by atoms with E-state index in [1.54, 1.807) is 23.1 Å². The molecule has 1 aromatic rings. The van der Waals surface area contributed by atoms with Crippen molar-refractivity contribution < 1.29 is 18.1 Å². The molecule has 1 aromatic carbocycles. The first kappa shape index (κ1) is 17.4. The number of nitrogens with zero attached hydrogens (tertiary/aromatic N) is 2. The molecule has 126 valence electrons. The maximum absolute atomic E-state index is 12.4. The van der Waals surface area contributed by atoms with E-state index in [4.69, 9.17) is 0 Å². The van der Waals surface area contributed by atoms with Crippen molar-refractivity contribution in [3.05, 3.63) is 39.9 Å². The first-order valence-corrected chi connectivity index (χ1v) is 9.13. The van der Waals surface area contributed by atoms with Gasteiger partial charge in [0, 0.05) is 30.8 Å². The molecule has 0 aromatic heterocycles. The number of sulfonamides is 1. The van der Waals surface area contributed by atoms with Gasteiger partial charge in [-0.1, -0.05) is 18.2 Å².